The number of nitrogens with zero attached hydrogens (tertiary/aromatic N) is 1. The van der Waals surface area contributed by atoms with Gasteiger partial charge < -0.3 is 15.0 Å². The van der Waals surface area contributed by atoms with E-state index in [4.69, 9.17) is 4.74 Å². The zero-order valence-corrected chi connectivity index (χ0v) is 14.2. The fourth-order valence-electron chi connectivity index (χ4n) is 2.44. The van der Waals surface area contributed by atoms with Gasteiger partial charge in [-0.1, -0.05) is 24.6 Å². The van der Waals surface area contributed by atoms with Crippen LogP contribution in [0.5, 0.6) is 0 Å². The average molecular weight is 304 g/mol. The largest absolute Gasteiger partial charge is 0.444 e. The number of nitrogens with one attached hydrogen (secondary N) is 1. The molecule has 4 heteroatoms. The van der Waals surface area contributed by atoms with Gasteiger partial charge in [-0.15, -0.1) is 0 Å². The van der Waals surface area contributed by atoms with Crippen LogP contribution in [0, 0.1) is 5.92 Å². The summed E-state index contributed by atoms with van der Waals surface area (Å²) in [5.74, 6) is 0.802. The van der Waals surface area contributed by atoms with Crippen LogP contribution in [0.4, 0.5) is 10.5 Å². The van der Waals surface area contributed by atoms with Gasteiger partial charge >= 0.3 is 6.09 Å². The van der Waals surface area contributed by atoms with E-state index in [1.807, 2.05) is 32.9 Å². The molecular formula is C18H28N2O2. The Morgan fingerprint density at radius 2 is 2.00 bits per heavy atom. The molecule has 1 aromatic carbocycles. The standard InChI is InChI=1S/C18H28N2O2/c1-18(2,3)22-17(21)20(4)13-15-10-5-6-11-16(15)19-12-14-8-7-9-14/h5-6,10-11,14,19H,7-9,12-13H2,1-4H3. The van der Waals surface area contributed by atoms with Gasteiger partial charge in [0.2, 0.25) is 0 Å². The Kier molecular flexibility index (Phi) is 5.33. The van der Waals surface area contributed by atoms with E-state index >= 15 is 0 Å². The van der Waals surface area contributed by atoms with E-state index in [1.54, 1.807) is 11.9 Å². The van der Waals surface area contributed by atoms with Crippen molar-refractivity contribution in [3.8, 4) is 0 Å². The molecule has 122 valence electrons. The Labute approximate surface area is 133 Å². The third-order valence-corrected chi connectivity index (χ3v) is 3.94. The first-order valence-electron chi connectivity index (χ1n) is 8.11. The highest BCUT2D eigenvalue weighted by molar-refractivity contribution is 5.68. The summed E-state index contributed by atoms with van der Waals surface area (Å²) in [4.78, 5) is 13.7. The van der Waals surface area contributed by atoms with E-state index < -0.39 is 5.60 Å². The molecule has 4 nitrogen and oxygen atoms in total. The second-order valence-electron chi connectivity index (χ2n) is 7.17. The zero-order chi connectivity index (χ0) is 16.2. The number of anilines is 1. The molecule has 1 amide bonds. The first kappa shape index (κ1) is 16.7. The van der Waals surface area contributed by atoms with Crippen LogP contribution in [-0.2, 0) is 11.3 Å². The summed E-state index contributed by atoms with van der Waals surface area (Å²) >= 11 is 0. The highest BCUT2D eigenvalue weighted by Crippen LogP contribution is 2.27. The molecular weight excluding hydrogens is 276 g/mol. The molecule has 0 aliphatic heterocycles. The number of hydrogen-bond donors (Lipinski definition) is 1. The highest BCUT2D eigenvalue weighted by Gasteiger charge is 2.21. The predicted octanol–water partition coefficient (Wildman–Crippen LogP) is 4.27. The highest BCUT2D eigenvalue weighted by atomic mass is 16.6. The van der Waals surface area contributed by atoms with Crippen molar-refractivity contribution in [2.75, 3.05) is 18.9 Å². The summed E-state index contributed by atoms with van der Waals surface area (Å²) in [6, 6.07) is 8.17. The maximum absolute atomic E-state index is 12.1. The van der Waals surface area contributed by atoms with Gasteiger partial charge in [0.15, 0.2) is 0 Å². The van der Waals surface area contributed by atoms with Crippen LogP contribution in [-0.4, -0.2) is 30.2 Å². The van der Waals surface area contributed by atoms with Gasteiger partial charge in [-0.3, -0.25) is 0 Å². The predicted molar refractivity (Wildman–Crippen MR) is 90.0 cm³/mol. The van der Waals surface area contributed by atoms with Gasteiger partial charge in [0, 0.05) is 19.3 Å². The summed E-state index contributed by atoms with van der Waals surface area (Å²) in [6.07, 6.45) is 3.72. The van der Waals surface area contributed by atoms with Crippen molar-refractivity contribution < 1.29 is 9.53 Å². The van der Waals surface area contributed by atoms with E-state index in [1.165, 1.54) is 19.3 Å². The van der Waals surface area contributed by atoms with Gasteiger partial charge in [-0.25, -0.2) is 4.79 Å². The van der Waals surface area contributed by atoms with Crippen molar-refractivity contribution in [1.29, 1.82) is 0 Å². The molecule has 2 rings (SSSR count). The van der Waals surface area contributed by atoms with Gasteiger partial charge in [-0.05, 0) is 51.2 Å². The van der Waals surface area contributed by atoms with Crippen molar-refractivity contribution >= 4 is 11.8 Å². The maximum Gasteiger partial charge on any atom is 0.410 e. The second-order valence-corrected chi connectivity index (χ2v) is 7.17. The lowest BCUT2D eigenvalue weighted by atomic mass is 9.85. The fraction of sp³-hybridized carbons (Fsp3) is 0.611. The summed E-state index contributed by atoms with van der Waals surface area (Å²) in [7, 11) is 1.77. The summed E-state index contributed by atoms with van der Waals surface area (Å²) < 4.78 is 5.40. The Morgan fingerprint density at radius 3 is 2.59 bits per heavy atom. The Balaban J connectivity index is 1.94. The number of carbonyl (C=O) groups excluding carboxylic acids is 1. The molecule has 0 spiro atoms. The minimum absolute atomic E-state index is 0.290. The van der Waals surface area contributed by atoms with Crippen molar-refractivity contribution in [3.05, 3.63) is 29.8 Å². The summed E-state index contributed by atoms with van der Waals surface area (Å²) in [6.45, 7) is 7.21. The third-order valence-electron chi connectivity index (χ3n) is 3.94. The molecule has 0 unspecified atom stereocenters. The van der Waals surface area contributed by atoms with Crippen LogP contribution in [0.15, 0.2) is 24.3 Å². The van der Waals surface area contributed by atoms with Crippen LogP contribution in [0.3, 0.4) is 0 Å². The van der Waals surface area contributed by atoms with Gasteiger partial charge in [0.1, 0.15) is 5.60 Å². The SMILES string of the molecule is CN(Cc1ccccc1NCC1CCC1)C(=O)OC(C)(C)C. The molecule has 0 bridgehead atoms. The lowest BCUT2D eigenvalue weighted by Gasteiger charge is -2.27. The topological polar surface area (TPSA) is 41.6 Å². The van der Waals surface area contributed by atoms with Crippen molar-refractivity contribution in [2.24, 2.45) is 5.92 Å². The lowest BCUT2D eigenvalue weighted by Crippen LogP contribution is -2.34. The number of benzene rings is 1. The number of hydrogen-bond acceptors (Lipinski definition) is 3. The number of para-hydroxylation sites is 1. The first-order chi connectivity index (χ1) is 10.3. The molecule has 1 N–H and O–H groups in total. The zero-order valence-electron chi connectivity index (χ0n) is 14.2. The third kappa shape index (κ3) is 4.93. The molecule has 1 saturated carbocycles. The van der Waals surface area contributed by atoms with Gasteiger partial charge in [-0.2, -0.15) is 0 Å². The average Bonchev–Trinajstić information content (AvgIpc) is 2.36. The molecule has 0 atom stereocenters. The van der Waals surface area contributed by atoms with E-state index in [9.17, 15) is 4.79 Å². The maximum atomic E-state index is 12.1. The normalized spacial score (nSPS) is 15.1. The van der Waals surface area contributed by atoms with Gasteiger partial charge in [0.25, 0.3) is 0 Å². The van der Waals surface area contributed by atoms with Crippen molar-refractivity contribution in [3.63, 3.8) is 0 Å². The molecule has 0 saturated heterocycles. The monoisotopic (exact) mass is 304 g/mol. The summed E-state index contributed by atoms with van der Waals surface area (Å²) in [5, 5.41) is 3.53. The second kappa shape index (κ2) is 7.03. The van der Waals surface area contributed by atoms with E-state index in [0.29, 0.717) is 6.54 Å². The van der Waals surface area contributed by atoms with Crippen LogP contribution in [0.2, 0.25) is 0 Å². The molecule has 1 aromatic rings. The van der Waals surface area contributed by atoms with Gasteiger partial charge in [0.05, 0.1) is 6.54 Å². The van der Waals surface area contributed by atoms with Crippen molar-refractivity contribution in [2.45, 2.75) is 52.2 Å². The summed E-state index contributed by atoms with van der Waals surface area (Å²) in [5.41, 5.74) is 1.77. The number of rotatable bonds is 5. The number of carbonyl (C=O) groups is 1. The minimum atomic E-state index is -0.465. The molecule has 1 fully saturated rings. The van der Waals surface area contributed by atoms with Crippen molar-refractivity contribution in [1.82, 2.24) is 4.90 Å². The van der Waals surface area contributed by atoms with E-state index in [2.05, 4.69) is 17.4 Å². The minimum Gasteiger partial charge on any atom is -0.444 e. The Hall–Kier alpha value is -1.71. The quantitative estimate of drug-likeness (QED) is 0.883. The Bertz CT molecular complexity index is 504. The van der Waals surface area contributed by atoms with Crippen LogP contribution in [0.1, 0.15) is 45.6 Å². The van der Waals surface area contributed by atoms with Crippen LogP contribution < -0.4 is 5.32 Å². The fourth-order valence-corrected chi connectivity index (χ4v) is 2.44. The van der Waals surface area contributed by atoms with Crippen LogP contribution in [0.25, 0.3) is 0 Å². The Morgan fingerprint density at radius 1 is 1.32 bits per heavy atom. The molecule has 22 heavy (non-hydrogen) atoms. The molecule has 0 aromatic heterocycles. The van der Waals surface area contributed by atoms with E-state index in [-0.39, 0.29) is 6.09 Å². The van der Waals surface area contributed by atoms with Crippen LogP contribution >= 0.6 is 0 Å². The number of ether oxygens (including phenoxy) is 1. The smallest absolute Gasteiger partial charge is 0.410 e. The lowest BCUT2D eigenvalue weighted by molar-refractivity contribution is 0.0285. The molecule has 1 aliphatic carbocycles. The molecule has 1 aliphatic rings. The van der Waals surface area contributed by atoms with E-state index in [0.717, 1.165) is 23.7 Å². The molecule has 0 radical (unpaired) electrons. The number of amides is 1. The first-order valence-corrected chi connectivity index (χ1v) is 8.11. The molecule has 0 heterocycles.